The summed E-state index contributed by atoms with van der Waals surface area (Å²) in [6.07, 6.45) is 0.244. The van der Waals surface area contributed by atoms with Gasteiger partial charge >= 0.3 is 5.97 Å². The molecule has 1 rings (SSSR count). The van der Waals surface area contributed by atoms with E-state index in [-0.39, 0.29) is 17.9 Å². The molecule has 1 unspecified atom stereocenters. The molecule has 2 N–H and O–H groups in total. The van der Waals surface area contributed by atoms with Gasteiger partial charge in [-0.2, -0.15) is 0 Å². The van der Waals surface area contributed by atoms with E-state index >= 15 is 0 Å². The van der Waals surface area contributed by atoms with Crippen LogP contribution in [0.5, 0.6) is 0 Å². The second kappa shape index (κ2) is 7.15. The number of nitrogens with one attached hydrogen (secondary N) is 1. The van der Waals surface area contributed by atoms with Crippen LogP contribution in [-0.4, -0.2) is 23.0 Å². The van der Waals surface area contributed by atoms with Crippen LogP contribution < -0.4 is 5.32 Å². The van der Waals surface area contributed by atoms with Crippen molar-refractivity contribution < 1.29 is 23.5 Å². The molecule has 116 valence electrons. The van der Waals surface area contributed by atoms with Crippen molar-refractivity contribution in [1.82, 2.24) is 5.32 Å². The quantitative estimate of drug-likeness (QED) is 0.848. The Morgan fingerprint density at radius 2 is 1.71 bits per heavy atom. The summed E-state index contributed by atoms with van der Waals surface area (Å²) in [4.78, 5) is 23.1. The summed E-state index contributed by atoms with van der Waals surface area (Å²) in [5, 5.41) is 11.4. The molecule has 0 aliphatic heterocycles. The Balaban J connectivity index is 2.89. The van der Waals surface area contributed by atoms with Gasteiger partial charge in [-0.05, 0) is 31.4 Å². The van der Waals surface area contributed by atoms with E-state index in [2.05, 4.69) is 5.32 Å². The van der Waals surface area contributed by atoms with Crippen LogP contribution in [0.4, 0.5) is 8.78 Å². The van der Waals surface area contributed by atoms with Gasteiger partial charge in [0, 0.05) is 5.56 Å². The van der Waals surface area contributed by atoms with Gasteiger partial charge in [0.1, 0.15) is 17.7 Å². The molecule has 4 nitrogen and oxygen atoms in total. The molecule has 0 saturated carbocycles. The Hall–Kier alpha value is -1.98. The van der Waals surface area contributed by atoms with E-state index in [1.165, 1.54) is 13.0 Å². The lowest BCUT2D eigenvalue weighted by Crippen LogP contribution is -2.43. The zero-order valence-electron chi connectivity index (χ0n) is 12.2. The number of carbonyl (C=O) groups is 2. The van der Waals surface area contributed by atoms with Crippen molar-refractivity contribution in [1.29, 1.82) is 0 Å². The van der Waals surface area contributed by atoms with Crippen LogP contribution in [0.25, 0.3) is 0 Å². The monoisotopic (exact) mass is 299 g/mol. The van der Waals surface area contributed by atoms with Crippen LogP contribution >= 0.6 is 0 Å². The summed E-state index contributed by atoms with van der Waals surface area (Å²) < 4.78 is 27.3. The standard InChI is InChI=1S/C15H19F2NO3/c1-8(2)7-12(15(20)21)18-14(19)9(3)13-10(16)5-4-6-11(13)17/h4-6,8-9,12H,7H2,1-3H3,(H,18,19)(H,20,21)/t9?,12-/m0/s1. The maximum atomic E-state index is 13.6. The minimum absolute atomic E-state index is 0.0619. The van der Waals surface area contributed by atoms with Crippen LogP contribution in [0.1, 0.15) is 38.7 Å². The first-order valence-electron chi connectivity index (χ1n) is 6.71. The van der Waals surface area contributed by atoms with Crippen LogP contribution in [0, 0.1) is 17.6 Å². The lowest BCUT2D eigenvalue weighted by atomic mass is 9.97. The molecule has 0 radical (unpaired) electrons. The lowest BCUT2D eigenvalue weighted by Gasteiger charge is -2.20. The first kappa shape index (κ1) is 17.1. The summed E-state index contributed by atoms with van der Waals surface area (Å²) in [6, 6.07) is 2.25. The van der Waals surface area contributed by atoms with Gasteiger partial charge < -0.3 is 10.4 Å². The fraction of sp³-hybridized carbons (Fsp3) is 0.467. The molecule has 0 heterocycles. The summed E-state index contributed by atoms with van der Waals surface area (Å²) in [7, 11) is 0. The van der Waals surface area contributed by atoms with Crippen molar-refractivity contribution in [3.63, 3.8) is 0 Å². The van der Waals surface area contributed by atoms with E-state index in [1.54, 1.807) is 0 Å². The van der Waals surface area contributed by atoms with E-state index in [1.807, 2.05) is 13.8 Å². The Bertz CT molecular complexity index is 511. The number of carboxylic acids is 1. The van der Waals surface area contributed by atoms with Crippen LogP contribution in [0.3, 0.4) is 0 Å². The van der Waals surface area contributed by atoms with Gasteiger partial charge in [0.15, 0.2) is 0 Å². The van der Waals surface area contributed by atoms with Gasteiger partial charge in [-0.25, -0.2) is 13.6 Å². The number of halogens is 2. The predicted molar refractivity (Wildman–Crippen MR) is 73.8 cm³/mol. The number of hydrogen-bond donors (Lipinski definition) is 2. The maximum Gasteiger partial charge on any atom is 0.326 e. The van der Waals surface area contributed by atoms with Crippen LogP contribution in [0.15, 0.2) is 18.2 Å². The number of carbonyl (C=O) groups excluding carboxylic acids is 1. The van der Waals surface area contributed by atoms with Crippen molar-refractivity contribution in [3.05, 3.63) is 35.4 Å². The van der Waals surface area contributed by atoms with E-state index in [9.17, 15) is 18.4 Å². The van der Waals surface area contributed by atoms with E-state index in [4.69, 9.17) is 5.11 Å². The Kier molecular flexibility index (Phi) is 5.81. The van der Waals surface area contributed by atoms with Crippen LogP contribution in [0.2, 0.25) is 0 Å². The third-order valence-electron chi connectivity index (χ3n) is 3.15. The molecule has 2 atom stereocenters. The molecule has 1 amide bonds. The topological polar surface area (TPSA) is 66.4 Å². The average Bonchev–Trinajstić information content (AvgIpc) is 2.36. The van der Waals surface area contributed by atoms with Crippen molar-refractivity contribution in [3.8, 4) is 0 Å². The van der Waals surface area contributed by atoms with Gasteiger partial charge in [0.25, 0.3) is 0 Å². The normalized spacial score (nSPS) is 13.8. The third-order valence-corrected chi connectivity index (χ3v) is 3.15. The number of hydrogen-bond acceptors (Lipinski definition) is 2. The number of rotatable bonds is 6. The SMILES string of the molecule is CC(C)C[C@H](NC(=O)C(C)c1c(F)cccc1F)C(=O)O. The molecule has 0 saturated heterocycles. The van der Waals surface area contributed by atoms with E-state index in [0.29, 0.717) is 0 Å². The number of benzene rings is 1. The fourth-order valence-corrected chi connectivity index (χ4v) is 2.05. The highest BCUT2D eigenvalue weighted by Crippen LogP contribution is 2.22. The number of amides is 1. The average molecular weight is 299 g/mol. The molecule has 1 aromatic rings. The highest BCUT2D eigenvalue weighted by atomic mass is 19.1. The molecule has 0 bridgehead atoms. The fourth-order valence-electron chi connectivity index (χ4n) is 2.05. The maximum absolute atomic E-state index is 13.6. The van der Waals surface area contributed by atoms with Gasteiger partial charge in [-0.3, -0.25) is 4.79 Å². The highest BCUT2D eigenvalue weighted by Gasteiger charge is 2.27. The molecule has 0 aromatic heterocycles. The van der Waals surface area contributed by atoms with Gasteiger partial charge in [0.05, 0.1) is 5.92 Å². The van der Waals surface area contributed by atoms with Gasteiger partial charge in [-0.15, -0.1) is 0 Å². The molecular formula is C15H19F2NO3. The van der Waals surface area contributed by atoms with Crippen molar-refractivity contribution in [2.45, 2.75) is 39.2 Å². The molecule has 6 heteroatoms. The molecule has 1 aromatic carbocycles. The van der Waals surface area contributed by atoms with E-state index in [0.717, 1.165) is 12.1 Å². The zero-order valence-corrected chi connectivity index (χ0v) is 12.2. The first-order chi connectivity index (χ1) is 9.73. The predicted octanol–water partition coefficient (Wildman–Crippen LogP) is 2.68. The Labute approximate surface area is 122 Å². The Morgan fingerprint density at radius 3 is 2.14 bits per heavy atom. The lowest BCUT2D eigenvalue weighted by molar-refractivity contribution is -0.142. The summed E-state index contributed by atoms with van der Waals surface area (Å²) in [6.45, 7) is 4.98. The minimum Gasteiger partial charge on any atom is -0.480 e. The summed E-state index contributed by atoms with van der Waals surface area (Å²) in [5.74, 6) is -4.58. The Morgan fingerprint density at radius 1 is 1.19 bits per heavy atom. The molecule has 0 spiro atoms. The largest absolute Gasteiger partial charge is 0.480 e. The molecule has 21 heavy (non-hydrogen) atoms. The molecule has 0 aliphatic rings. The molecule has 0 fully saturated rings. The van der Waals surface area contributed by atoms with Crippen molar-refractivity contribution >= 4 is 11.9 Å². The molecular weight excluding hydrogens is 280 g/mol. The first-order valence-corrected chi connectivity index (χ1v) is 6.71. The highest BCUT2D eigenvalue weighted by molar-refractivity contribution is 5.87. The minimum atomic E-state index is -1.17. The summed E-state index contributed by atoms with van der Waals surface area (Å²) in [5.41, 5.74) is -0.358. The van der Waals surface area contributed by atoms with E-state index < -0.39 is 35.5 Å². The summed E-state index contributed by atoms with van der Waals surface area (Å²) >= 11 is 0. The van der Waals surface area contributed by atoms with Gasteiger partial charge in [0.2, 0.25) is 5.91 Å². The van der Waals surface area contributed by atoms with Crippen molar-refractivity contribution in [2.24, 2.45) is 5.92 Å². The smallest absolute Gasteiger partial charge is 0.326 e. The second-order valence-electron chi connectivity index (χ2n) is 5.39. The molecule has 0 aliphatic carbocycles. The second-order valence-corrected chi connectivity index (χ2v) is 5.39. The number of carboxylic acid groups (broad SMARTS) is 1. The van der Waals surface area contributed by atoms with Crippen molar-refractivity contribution in [2.75, 3.05) is 0 Å². The van der Waals surface area contributed by atoms with Crippen LogP contribution in [-0.2, 0) is 9.59 Å². The number of aliphatic carboxylic acids is 1. The third kappa shape index (κ3) is 4.51. The van der Waals surface area contributed by atoms with Gasteiger partial charge in [-0.1, -0.05) is 19.9 Å². The zero-order chi connectivity index (χ0) is 16.2.